The molecule has 2 aromatic heterocycles. The molecule has 19 heavy (non-hydrogen) atoms. The maximum absolute atomic E-state index is 12.3. The zero-order valence-corrected chi connectivity index (χ0v) is 9.53. The van der Waals surface area contributed by atoms with E-state index < -0.39 is 17.8 Å². The van der Waals surface area contributed by atoms with Gasteiger partial charge in [0.2, 0.25) is 0 Å². The number of amides is 1. The molecule has 1 amide bonds. The first-order valence-corrected chi connectivity index (χ1v) is 5.25. The highest BCUT2D eigenvalue weighted by molar-refractivity contribution is 5.93. The Bertz CT molecular complexity index is 548. The predicted octanol–water partition coefficient (Wildman–Crippen LogP) is 1.75. The molecule has 0 radical (unpaired) electrons. The van der Waals surface area contributed by atoms with Gasteiger partial charge in [-0.25, -0.2) is 4.98 Å². The molecule has 8 heteroatoms. The SMILES string of the molecule is O=C(NCc1cnc[nH]1)c1ccc(C(F)(F)F)nc1. The molecule has 0 bridgehead atoms. The molecule has 0 saturated heterocycles. The van der Waals surface area contributed by atoms with Crippen LogP contribution in [0.25, 0.3) is 0 Å². The number of halogens is 3. The number of aromatic nitrogens is 3. The molecule has 0 aromatic carbocycles. The Balaban J connectivity index is 2.00. The summed E-state index contributed by atoms with van der Waals surface area (Å²) in [5, 5.41) is 2.53. The minimum atomic E-state index is -4.51. The van der Waals surface area contributed by atoms with Gasteiger partial charge in [0.1, 0.15) is 5.69 Å². The molecule has 0 aliphatic rings. The smallest absolute Gasteiger partial charge is 0.347 e. The molecule has 2 heterocycles. The third-order valence-electron chi connectivity index (χ3n) is 2.31. The normalized spacial score (nSPS) is 11.3. The molecule has 2 rings (SSSR count). The van der Waals surface area contributed by atoms with Crippen LogP contribution < -0.4 is 5.32 Å². The van der Waals surface area contributed by atoms with E-state index in [1.54, 1.807) is 0 Å². The van der Waals surface area contributed by atoms with Crippen molar-refractivity contribution < 1.29 is 18.0 Å². The molecule has 0 fully saturated rings. The summed E-state index contributed by atoms with van der Waals surface area (Å²) in [5.74, 6) is -0.504. The van der Waals surface area contributed by atoms with Gasteiger partial charge in [-0.3, -0.25) is 9.78 Å². The Morgan fingerprint density at radius 2 is 2.11 bits per heavy atom. The van der Waals surface area contributed by atoms with Crippen LogP contribution in [0.3, 0.4) is 0 Å². The van der Waals surface area contributed by atoms with Gasteiger partial charge in [-0.15, -0.1) is 0 Å². The van der Waals surface area contributed by atoms with Crippen LogP contribution in [0.15, 0.2) is 30.9 Å². The second-order valence-electron chi connectivity index (χ2n) is 3.69. The number of imidazole rings is 1. The van der Waals surface area contributed by atoms with Crippen molar-refractivity contribution >= 4 is 5.91 Å². The zero-order valence-electron chi connectivity index (χ0n) is 9.53. The van der Waals surface area contributed by atoms with Gasteiger partial charge in [0.15, 0.2) is 0 Å². The Hall–Kier alpha value is -2.38. The highest BCUT2D eigenvalue weighted by atomic mass is 19.4. The third kappa shape index (κ3) is 3.30. The summed E-state index contributed by atoms with van der Waals surface area (Å²) < 4.78 is 36.8. The first kappa shape index (κ1) is 13.1. The van der Waals surface area contributed by atoms with Gasteiger partial charge in [-0.2, -0.15) is 13.2 Å². The molecule has 2 N–H and O–H groups in total. The fourth-order valence-electron chi connectivity index (χ4n) is 1.35. The lowest BCUT2D eigenvalue weighted by molar-refractivity contribution is -0.141. The zero-order chi connectivity index (χ0) is 13.9. The van der Waals surface area contributed by atoms with Crippen LogP contribution in [-0.4, -0.2) is 20.9 Å². The summed E-state index contributed by atoms with van der Waals surface area (Å²) in [4.78, 5) is 21.4. The van der Waals surface area contributed by atoms with Gasteiger partial charge in [0, 0.05) is 12.4 Å². The van der Waals surface area contributed by atoms with Crippen LogP contribution in [0, 0.1) is 0 Å². The molecule has 0 aliphatic carbocycles. The molecule has 2 aromatic rings. The number of nitrogens with zero attached hydrogens (tertiary/aromatic N) is 2. The Kier molecular flexibility index (Phi) is 3.50. The van der Waals surface area contributed by atoms with Gasteiger partial charge in [0.05, 0.1) is 24.1 Å². The van der Waals surface area contributed by atoms with E-state index in [2.05, 4.69) is 20.3 Å². The van der Waals surface area contributed by atoms with Crippen LogP contribution in [0.5, 0.6) is 0 Å². The molecule has 100 valence electrons. The Morgan fingerprint density at radius 3 is 2.63 bits per heavy atom. The number of nitrogens with one attached hydrogen (secondary N) is 2. The lowest BCUT2D eigenvalue weighted by Crippen LogP contribution is -2.23. The van der Waals surface area contributed by atoms with E-state index in [0.29, 0.717) is 5.69 Å². The van der Waals surface area contributed by atoms with Gasteiger partial charge >= 0.3 is 6.18 Å². The first-order valence-electron chi connectivity index (χ1n) is 5.25. The van der Waals surface area contributed by atoms with Crippen molar-refractivity contribution in [2.75, 3.05) is 0 Å². The maximum Gasteiger partial charge on any atom is 0.433 e. The van der Waals surface area contributed by atoms with Gasteiger partial charge in [0.25, 0.3) is 5.91 Å². The molecule has 0 spiro atoms. The van der Waals surface area contributed by atoms with Crippen LogP contribution in [-0.2, 0) is 12.7 Å². The predicted molar refractivity (Wildman–Crippen MR) is 59.0 cm³/mol. The number of pyridine rings is 1. The summed E-state index contributed by atoms with van der Waals surface area (Å²) in [6, 6.07) is 1.85. The van der Waals surface area contributed by atoms with Gasteiger partial charge < -0.3 is 10.3 Å². The minimum absolute atomic E-state index is 0.0625. The highest BCUT2D eigenvalue weighted by Crippen LogP contribution is 2.27. The van der Waals surface area contributed by atoms with Crippen LogP contribution in [0.1, 0.15) is 21.7 Å². The maximum atomic E-state index is 12.3. The van der Waals surface area contributed by atoms with Crippen molar-refractivity contribution in [1.29, 1.82) is 0 Å². The van der Waals surface area contributed by atoms with Gasteiger partial charge in [-0.05, 0) is 12.1 Å². The number of carbonyl (C=O) groups is 1. The van der Waals surface area contributed by atoms with E-state index >= 15 is 0 Å². The van der Waals surface area contributed by atoms with Crippen LogP contribution >= 0.6 is 0 Å². The average Bonchev–Trinajstić information content (AvgIpc) is 2.88. The number of aromatic amines is 1. The third-order valence-corrected chi connectivity index (χ3v) is 2.31. The number of H-pyrrole nitrogens is 1. The van der Waals surface area contributed by atoms with Crippen LogP contribution in [0.4, 0.5) is 13.2 Å². The monoisotopic (exact) mass is 270 g/mol. The molecule has 0 saturated carbocycles. The van der Waals surface area contributed by atoms with Crippen molar-refractivity contribution in [2.45, 2.75) is 12.7 Å². The van der Waals surface area contributed by atoms with E-state index in [-0.39, 0.29) is 12.1 Å². The van der Waals surface area contributed by atoms with E-state index in [1.165, 1.54) is 12.5 Å². The standard InChI is InChI=1S/C11H9F3N4O/c12-11(13,14)9-2-1-7(3-16-9)10(19)17-5-8-4-15-6-18-8/h1-4,6H,5H2,(H,15,18)(H,17,19). The summed E-state index contributed by atoms with van der Waals surface area (Å²) in [6.45, 7) is 0.208. The molecule has 0 aliphatic heterocycles. The lowest BCUT2D eigenvalue weighted by atomic mass is 10.2. The number of hydrogen-bond acceptors (Lipinski definition) is 3. The fraction of sp³-hybridized carbons (Fsp3) is 0.182. The number of alkyl halides is 3. The summed E-state index contributed by atoms with van der Waals surface area (Å²) in [5.41, 5.74) is -0.279. The first-order chi connectivity index (χ1) is 8.97. The largest absolute Gasteiger partial charge is 0.433 e. The topological polar surface area (TPSA) is 70.7 Å². The van der Waals surface area contributed by atoms with E-state index in [4.69, 9.17) is 0 Å². The fourth-order valence-corrected chi connectivity index (χ4v) is 1.35. The quantitative estimate of drug-likeness (QED) is 0.892. The molecular weight excluding hydrogens is 261 g/mol. The van der Waals surface area contributed by atoms with E-state index in [1.807, 2.05) is 0 Å². The second kappa shape index (κ2) is 5.09. The molecular formula is C11H9F3N4O. The number of hydrogen-bond donors (Lipinski definition) is 2. The van der Waals surface area contributed by atoms with E-state index in [9.17, 15) is 18.0 Å². The Morgan fingerprint density at radius 1 is 1.32 bits per heavy atom. The van der Waals surface area contributed by atoms with Gasteiger partial charge in [-0.1, -0.05) is 0 Å². The average molecular weight is 270 g/mol. The highest BCUT2D eigenvalue weighted by Gasteiger charge is 2.32. The van der Waals surface area contributed by atoms with Crippen molar-refractivity contribution in [3.63, 3.8) is 0 Å². The summed E-state index contributed by atoms with van der Waals surface area (Å²) in [7, 11) is 0. The number of rotatable bonds is 3. The van der Waals surface area contributed by atoms with Crippen molar-refractivity contribution in [3.05, 3.63) is 47.8 Å². The minimum Gasteiger partial charge on any atom is -0.347 e. The molecule has 0 unspecified atom stereocenters. The summed E-state index contributed by atoms with van der Waals surface area (Å²) >= 11 is 0. The van der Waals surface area contributed by atoms with Crippen molar-refractivity contribution in [2.24, 2.45) is 0 Å². The second-order valence-corrected chi connectivity index (χ2v) is 3.69. The van der Waals surface area contributed by atoms with E-state index in [0.717, 1.165) is 18.3 Å². The van der Waals surface area contributed by atoms with Crippen LogP contribution in [0.2, 0.25) is 0 Å². The molecule has 0 atom stereocenters. The summed E-state index contributed by atoms with van der Waals surface area (Å²) in [6.07, 6.45) is -0.623. The van der Waals surface area contributed by atoms with Crippen molar-refractivity contribution in [3.8, 4) is 0 Å². The lowest BCUT2D eigenvalue weighted by Gasteiger charge is -2.07. The Labute approximate surface area is 105 Å². The van der Waals surface area contributed by atoms with Crippen molar-refractivity contribution in [1.82, 2.24) is 20.3 Å². The number of carbonyl (C=O) groups excluding carboxylic acids is 1. The molecule has 5 nitrogen and oxygen atoms in total.